The fourth-order valence-corrected chi connectivity index (χ4v) is 0.963. The van der Waals surface area contributed by atoms with E-state index in [0.29, 0.717) is 11.4 Å². The molecule has 0 unspecified atom stereocenters. The van der Waals surface area contributed by atoms with Gasteiger partial charge in [-0.05, 0) is 22.0 Å². The van der Waals surface area contributed by atoms with Crippen molar-refractivity contribution in [3.05, 3.63) is 22.4 Å². The summed E-state index contributed by atoms with van der Waals surface area (Å²) in [4.78, 5) is 3.85. The van der Waals surface area contributed by atoms with Crippen molar-refractivity contribution >= 4 is 21.6 Å². The van der Waals surface area contributed by atoms with Gasteiger partial charge >= 0.3 is 0 Å². The molecule has 10 heavy (non-hydrogen) atoms. The average molecular weight is 203 g/mol. The fraction of sp³-hybridized carbons (Fsp3) is 0.167. The van der Waals surface area contributed by atoms with Crippen LogP contribution in [0.1, 0.15) is 5.69 Å². The average Bonchev–Trinajstić information content (AvgIpc) is 1.95. The third kappa shape index (κ3) is 1.27. The predicted molar refractivity (Wildman–Crippen MR) is 42.3 cm³/mol. The van der Waals surface area contributed by atoms with Crippen molar-refractivity contribution in [3.8, 4) is 0 Å². The van der Waals surface area contributed by atoms with E-state index in [1.54, 1.807) is 12.3 Å². The van der Waals surface area contributed by atoms with Crippen LogP contribution >= 0.6 is 15.9 Å². The summed E-state index contributed by atoms with van der Waals surface area (Å²) in [7, 11) is 0. The van der Waals surface area contributed by atoms with Crippen molar-refractivity contribution in [1.82, 2.24) is 4.98 Å². The Morgan fingerprint density at radius 1 is 1.70 bits per heavy atom. The summed E-state index contributed by atoms with van der Waals surface area (Å²) < 4.78 is 0.770. The van der Waals surface area contributed by atoms with Crippen LogP contribution in [0.5, 0.6) is 0 Å². The standard InChI is InChI=1S/C6H7BrN2O/c7-4-1-2-9-5(3-10)6(4)8/h1-2,10H,3,8H2. The second kappa shape index (κ2) is 2.98. The monoisotopic (exact) mass is 202 g/mol. The molecule has 0 saturated carbocycles. The lowest BCUT2D eigenvalue weighted by atomic mass is 10.3. The Morgan fingerprint density at radius 2 is 2.40 bits per heavy atom. The van der Waals surface area contributed by atoms with E-state index in [1.807, 2.05) is 0 Å². The Hall–Kier alpha value is -0.610. The van der Waals surface area contributed by atoms with E-state index in [2.05, 4.69) is 20.9 Å². The topological polar surface area (TPSA) is 59.1 Å². The van der Waals surface area contributed by atoms with Gasteiger partial charge < -0.3 is 10.8 Å². The second-order valence-corrected chi connectivity index (χ2v) is 2.67. The van der Waals surface area contributed by atoms with Crippen LogP contribution in [0.15, 0.2) is 16.7 Å². The normalized spacial score (nSPS) is 9.80. The highest BCUT2D eigenvalue weighted by molar-refractivity contribution is 9.10. The zero-order valence-electron chi connectivity index (χ0n) is 5.21. The first-order valence-electron chi connectivity index (χ1n) is 2.75. The molecule has 0 radical (unpaired) electrons. The molecule has 0 aliphatic rings. The number of hydrogen-bond donors (Lipinski definition) is 2. The van der Waals surface area contributed by atoms with Crippen LogP contribution < -0.4 is 5.73 Å². The van der Waals surface area contributed by atoms with E-state index in [-0.39, 0.29) is 6.61 Å². The van der Waals surface area contributed by atoms with Gasteiger partial charge in [0.05, 0.1) is 18.0 Å². The molecule has 0 atom stereocenters. The number of aliphatic hydroxyl groups is 1. The number of aliphatic hydroxyl groups excluding tert-OH is 1. The number of anilines is 1. The maximum atomic E-state index is 8.68. The number of pyridine rings is 1. The Morgan fingerprint density at radius 3 is 2.90 bits per heavy atom. The molecule has 0 fully saturated rings. The summed E-state index contributed by atoms with van der Waals surface area (Å²) in [5, 5.41) is 8.68. The molecule has 0 aliphatic carbocycles. The molecule has 1 aromatic heterocycles. The molecule has 0 amide bonds. The fourth-order valence-electron chi connectivity index (χ4n) is 0.616. The lowest BCUT2D eigenvalue weighted by Crippen LogP contribution is -1.97. The summed E-state index contributed by atoms with van der Waals surface area (Å²) in [5.74, 6) is 0. The largest absolute Gasteiger partial charge is 0.396 e. The van der Waals surface area contributed by atoms with Gasteiger partial charge in [-0.3, -0.25) is 4.98 Å². The summed E-state index contributed by atoms with van der Waals surface area (Å²) in [5.41, 5.74) is 6.54. The molecular formula is C6H7BrN2O. The van der Waals surface area contributed by atoms with E-state index in [0.717, 1.165) is 4.47 Å². The molecule has 3 nitrogen and oxygen atoms in total. The Labute approximate surface area is 67.0 Å². The van der Waals surface area contributed by atoms with Crippen molar-refractivity contribution < 1.29 is 5.11 Å². The van der Waals surface area contributed by atoms with Gasteiger partial charge in [0.1, 0.15) is 0 Å². The van der Waals surface area contributed by atoms with Gasteiger partial charge in [-0.25, -0.2) is 0 Å². The summed E-state index contributed by atoms with van der Waals surface area (Å²) in [6.07, 6.45) is 1.59. The molecule has 0 aliphatic heterocycles. The maximum Gasteiger partial charge on any atom is 0.0898 e. The molecule has 54 valence electrons. The predicted octanol–water partition coefficient (Wildman–Crippen LogP) is 0.919. The first kappa shape index (κ1) is 7.50. The van der Waals surface area contributed by atoms with Crippen LogP contribution in [0.2, 0.25) is 0 Å². The van der Waals surface area contributed by atoms with Crippen LogP contribution in [-0.2, 0) is 6.61 Å². The molecule has 3 N–H and O–H groups in total. The summed E-state index contributed by atoms with van der Waals surface area (Å²) in [6, 6.07) is 1.73. The Balaban J connectivity index is 3.14. The van der Waals surface area contributed by atoms with Crippen molar-refractivity contribution in [2.75, 3.05) is 5.73 Å². The highest BCUT2D eigenvalue weighted by Gasteiger charge is 2.00. The molecule has 0 bridgehead atoms. The number of halogens is 1. The molecule has 0 aromatic carbocycles. The Kier molecular flexibility index (Phi) is 2.24. The van der Waals surface area contributed by atoms with Gasteiger partial charge in [-0.2, -0.15) is 0 Å². The van der Waals surface area contributed by atoms with Gasteiger partial charge in [-0.1, -0.05) is 0 Å². The van der Waals surface area contributed by atoms with E-state index >= 15 is 0 Å². The smallest absolute Gasteiger partial charge is 0.0898 e. The summed E-state index contributed by atoms with van der Waals surface area (Å²) >= 11 is 3.21. The van der Waals surface area contributed by atoms with Crippen LogP contribution in [0.4, 0.5) is 5.69 Å². The zero-order valence-corrected chi connectivity index (χ0v) is 6.80. The van der Waals surface area contributed by atoms with Crippen LogP contribution in [0.3, 0.4) is 0 Å². The van der Waals surface area contributed by atoms with Crippen molar-refractivity contribution in [1.29, 1.82) is 0 Å². The number of hydrogen-bond acceptors (Lipinski definition) is 3. The van der Waals surface area contributed by atoms with Crippen molar-refractivity contribution in [2.45, 2.75) is 6.61 Å². The van der Waals surface area contributed by atoms with E-state index in [9.17, 15) is 0 Å². The maximum absolute atomic E-state index is 8.68. The SMILES string of the molecule is Nc1c(Br)ccnc1CO. The minimum atomic E-state index is -0.120. The van der Waals surface area contributed by atoms with Gasteiger partial charge in [0.15, 0.2) is 0 Å². The lowest BCUT2D eigenvalue weighted by Gasteiger charge is -2.01. The first-order chi connectivity index (χ1) is 4.75. The summed E-state index contributed by atoms with van der Waals surface area (Å²) in [6.45, 7) is -0.120. The quantitative estimate of drug-likeness (QED) is 0.713. The molecule has 1 aromatic rings. The second-order valence-electron chi connectivity index (χ2n) is 1.81. The van der Waals surface area contributed by atoms with Gasteiger partial charge in [-0.15, -0.1) is 0 Å². The highest BCUT2D eigenvalue weighted by Crippen LogP contribution is 2.20. The number of nitrogens with zero attached hydrogens (tertiary/aromatic N) is 1. The molecular weight excluding hydrogens is 196 g/mol. The number of nitrogen functional groups attached to an aromatic ring is 1. The third-order valence-electron chi connectivity index (χ3n) is 1.17. The molecule has 4 heteroatoms. The zero-order chi connectivity index (χ0) is 7.56. The number of nitrogens with two attached hydrogens (primary N) is 1. The first-order valence-corrected chi connectivity index (χ1v) is 3.54. The number of aromatic nitrogens is 1. The van der Waals surface area contributed by atoms with E-state index < -0.39 is 0 Å². The van der Waals surface area contributed by atoms with Gasteiger partial charge in [0.25, 0.3) is 0 Å². The minimum Gasteiger partial charge on any atom is -0.396 e. The van der Waals surface area contributed by atoms with E-state index in [1.165, 1.54) is 0 Å². The lowest BCUT2D eigenvalue weighted by molar-refractivity contribution is 0.277. The highest BCUT2D eigenvalue weighted by atomic mass is 79.9. The van der Waals surface area contributed by atoms with Crippen molar-refractivity contribution in [3.63, 3.8) is 0 Å². The third-order valence-corrected chi connectivity index (χ3v) is 1.86. The molecule has 0 saturated heterocycles. The molecule has 1 rings (SSSR count). The Bertz CT molecular complexity index is 239. The van der Waals surface area contributed by atoms with Crippen LogP contribution in [-0.4, -0.2) is 10.1 Å². The van der Waals surface area contributed by atoms with Crippen molar-refractivity contribution in [2.24, 2.45) is 0 Å². The van der Waals surface area contributed by atoms with Gasteiger partial charge in [0.2, 0.25) is 0 Å². The minimum absolute atomic E-state index is 0.120. The molecule has 0 spiro atoms. The molecule has 1 heterocycles. The van der Waals surface area contributed by atoms with Gasteiger partial charge in [0, 0.05) is 10.7 Å². The van der Waals surface area contributed by atoms with Crippen LogP contribution in [0.25, 0.3) is 0 Å². The van der Waals surface area contributed by atoms with E-state index in [4.69, 9.17) is 10.8 Å². The number of rotatable bonds is 1. The van der Waals surface area contributed by atoms with Crippen LogP contribution in [0, 0.1) is 0 Å².